The minimum absolute atomic E-state index is 0.000181. The number of aryl methyl sites for hydroxylation is 2. The number of pyridine rings is 1. The van der Waals surface area contributed by atoms with E-state index in [0.29, 0.717) is 24.1 Å². The standard InChI is InChI=1S/C30H26F9N7O2/c1-16-22(30(37,38)39)13-24-25(40-16)23(4-3-9-45(24)14-17-5-7-19(8-6-17)26(47)48)46(27-41-43-44(2)42-27)15-18-10-20(28(31,32)33)12-21(11-18)29(34,35)36/h5-8,10-13,23H,3-4,9,14-15H2,1-2H3,(H,47,48). The topological polar surface area (TPSA) is 100 Å². The molecule has 1 unspecified atom stereocenters. The maximum absolute atomic E-state index is 14.1. The molecular formula is C30H26F9N7O2. The van der Waals surface area contributed by atoms with E-state index in [1.165, 1.54) is 36.2 Å². The van der Waals surface area contributed by atoms with E-state index in [1.807, 2.05) is 0 Å². The molecule has 48 heavy (non-hydrogen) atoms. The molecule has 0 aliphatic carbocycles. The summed E-state index contributed by atoms with van der Waals surface area (Å²) in [5, 5.41) is 21.0. The average Bonchev–Trinajstić information content (AvgIpc) is 3.34. The second-order valence-corrected chi connectivity index (χ2v) is 11.2. The highest BCUT2D eigenvalue weighted by atomic mass is 19.4. The summed E-state index contributed by atoms with van der Waals surface area (Å²) in [6.07, 6.45) is -14.6. The molecule has 0 radical (unpaired) electrons. The van der Waals surface area contributed by atoms with Crippen molar-refractivity contribution in [1.29, 1.82) is 0 Å². The number of aromatic nitrogens is 5. The Morgan fingerprint density at radius 1 is 0.917 bits per heavy atom. The van der Waals surface area contributed by atoms with Gasteiger partial charge in [-0.25, -0.2) is 4.79 Å². The first kappa shape index (κ1) is 34.4. The Balaban J connectivity index is 1.65. The van der Waals surface area contributed by atoms with E-state index in [2.05, 4.69) is 20.4 Å². The minimum atomic E-state index is -5.11. The average molecular weight is 688 g/mol. The van der Waals surface area contributed by atoms with Crippen LogP contribution in [0.1, 0.15) is 68.4 Å². The first-order valence-corrected chi connectivity index (χ1v) is 14.3. The van der Waals surface area contributed by atoms with Crippen LogP contribution in [0, 0.1) is 6.92 Å². The number of benzene rings is 2. The van der Waals surface area contributed by atoms with Gasteiger partial charge in [0.2, 0.25) is 0 Å². The predicted octanol–water partition coefficient (Wildman–Crippen LogP) is 7.22. The van der Waals surface area contributed by atoms with Crippen LogP contribution in [0.4, 0.5) is 51.1 Å². The third-order valence-corrected chi connectivity index (χ3v) is 7.79. The van der Waals surface area contributed by atoms with Crippen LogP contribution < -0.4 is 9.80 Å². The zero-order chi connectivity index (χ0) is 35.2. The monoisotopic (exact) mass is 687 g/mol. The number of anilines is 2. The summed E-state index contributed by atoms with van der Waals surface area (Å²) >= 11 is 0. The zero-order valence-corrected chi connectivity index (χ0v) is 25.1. The van der Waals surface area contributed by atoms with Crippen molar-refractivity contribution in [3.05, 3.63) is 93.3 Å². The van der Waals surface area contributed by atoms with Crippen LogP contribution in [0.5, 0.6) is 0 Å². The van der Waals surface area contributed by atoms with Crippen molar-refractivity contribution in [1.82, 2.24) is 25.2 Å². The van der Waals surface area contributed by atoms with Gasteiger partial charge in [-0.3, -0.25) is 4.98 Å². The van der Waals surface area contributed by atoms with Crippen LogP contribution in [0.25, 0.3) is 0 Å². The van der Waals surface area contributed by atoms with Crippen molar-refractivity contribution in [3.8, 4) is 0 Å². The molecule has 2 aromatic carbocycles. The molecular weight excluding hydrogens is 661 g/mol. The number of rotatable bonds is 7. The Labute approximate surface area is 266 Å². The highest BCUT2D eigenvalue weighted by molar-refractivity contribution is 5.87. The lowest BCUT2D eigenvalue weighted by Gasteiger charge is -2.32. The molecule has 0 bridgehead atoms. The molecule has 1 N–H and O–H groups in total. The predicted molar refractivity (Wildman–Crippen MR) is 152 cm³/mol. The Morgan fingerprint density at radius 2 is 1.54 bits per heavy atom. The third-order valence-electron chi connectivity index (χ3n) is 7.79. The van der Waals surface area contributed by atoms with Gasteiger partial charge in [0.25, 0.3) is 5.95 Å². The molecule has 1 aliphatic rings. The van der Waals surface area contributed by atoms with E-state index < -0.39 is 65.0 Å². The van der Waals surface area contributed by atoms with Gasteiger partial charge in [-0.2, -0.15) is 44.3 Å². The smallest absolute Gasteiger partial charge is 0.418 e. The molecule has 9 nitrogen and oxygen atoms in total. The summed E-state index contributed by atoms with van der Waals surface area (Å²) in [5.74, 6) is -1.36. The molecule has 18 heteroatoms. The number of aromatic carboxylic acids is 1. The Hall–Kier alpha value is -4.90. The van der Waals surface area contributed by atoms with Gasteiger partial charge in [-0.05, 0) is 72.5 Å². The number of tetrazole rings is 1. The summed E-state index contributed by atoms with van der Waals surface area (Å²) in [4.78, 5) is 19.6. The molecule has 4 aromatic rings. The molecule has 3 heterocycles. The Morgan fingerprint density at radius 3 is 2.06 bits per heavy atom. The highest BCUT2D eigenvalue weighted by Crippen LogP contribution is 2.43. The molecule has 0 spiro atoms. The van der Waals surface area contributed by atoms with Crippen LogP contribution in [-0.4, -0.2) is 42.8 Å². The van der Waals surface area contributed by atoms with E-state index in [-0.39, 0.29) is 48.5 Å². The molecule has 256 valence electrons. The molecule has 1 aliphatic heterocycles. The second kappa shape index (κ2) is 12.6. The Kier molecular flexibility index (Phi) is 9.05. The third kappa shape index (κ3) is 7.46. The fraction of sp³-hybridized carbons (Fsp3) is 0.367. The van der Waals surface area contributed by atoms with Crippen LogP contribution in [0.3, 0.4) is 0 Å². The zero-order valence-electron chi connectivity index (χ0n) is 25.1. The number of alkyl halides is 9. The van der Waals surface area contributed by atoms with E-state index in [4.69, 9.17) is 0 Å². The number of hydrogen-bond acceptors (Lipinski definition) is 7. The lowest BCUT2D eigenvalue weighted by Crippen LogP contribution is -2.31. The fourth-order valence-electron chi connectivity index (χ4n) is 5.59. The summed E-state index contributed by atoms with van der Waals surface area (Å²) in [7, 11) is 1.39. The van der Waals surface area contributed by atoms with E-state index >= 15 is 0 Å². The lowest BCUT2D eigenvalue weighted by atomic mass is 10.0. The normalized spacial score (nSPS) is 15.6. The first-order chi connectivity index (χ1) is 22.3. The van der Waals surface area contributed by atoms with E-state index in [9.17, 15) is 49.4 Å². The molecule has 5 rings (SSSR count). The van der Waals surface area contributed by atoms with Gasteiger partial charge in [0, 0.05) is 19.6 Å². The molecule has 1 atom stereocenters. The first-order valence-electron chi connectivity index (χ1n) is 14.3. The van der Waals surface area contributed by atoms with Crippen LogP contribution >= 0.6 is 0 Å². The van der Waals surface area contributed by atoms with Gasteiger partial charge in [0.1, 0.15) is 0 Å². The molecule has 0 amide bonds. The van der Waals surface area contributed by atoms with Crippen LogP contribution in [-0.2, 0) is 38.7 Å². The Bertz CT molecular complexity index is 1770. The van der Waals surface area contributed by atoms with Crippen molar-refractivity contribution in [2.24, 2.45) is 7.05 Å². The number of carbonyl (C=O) groups is 1. The number of carboxylic acids is 1. The number of carboxylic acid groups (broad SMARTS) is 1. The molecule has 0 fully saturated rings. The van der Waals surface area contributed by atoms with Crippen molar-refractivity contribution in [2.75, 3.05) is 16.3 Å². The van der Waals surface area contributed by atoms with Gasteiger partial charge in [0.05, 0.1) is 52.4 Å². The number of fused-ring (bicyclic) bond motifs is 1. The molecule has 0 saturated heterocycles. The molecule has 0 saturated carbocycles. The maximum Gasteiger partial charge on any atom is 0.418 e. The summed E-state index contributed by atoms with van der Waals surface area (Å²) in [5.41, 5.74) is -4.27. The lowest BCUT2D eigenvalue weighted by molar-refractivity contribution is -0.143. The van der Waals surface area contributed by atoms with Crippen molar-refractivity contribution < 1.29 is 49.4 Å². The minimum Gasteiger partial charge on any atom is -0.478 e. The van der Waals surface area contributed by atoms with E-state index in [1.54, 1.807) is 4.90 Å². The largest absolute Gasteiger partial charge is 0.478 e. The van der Waals surface area contributed by atoms with Crippen LogP contribution in [0.15, 0.2) is 48.5 Å². The molecule has 2 aromatic heterocycles. The van der Waals surface area contributed by atoms with Gasteiger partial charge >= 0.3 is 24.5 Å². The van der Waals surface area contributed by atoms with Gasteiger partial charge in [-0.1, -0.05) is 17.2 Å². The number of halogens is 9. The van der Waals surface area contributed by atoms with Gasteiger partial charge in [-0.15, -0.1) is 5.10 Å². The SMILES string of the molecule is Cc1nc2c(cc1C(F)(F)F)N(Cc1ccc(C(=O)O)cc1)CCCC2N(Cc1cc(C(F)(F)F)cc(C(F)(F)F)c1)c1nnn(C)n1. The quantitative estimate of drug-likeness (QED) is 0.204. The van der Waals surface area contributed by atoms with Crippen LogP contribution in [0.2, 0.25) is 0 Å². The number of hydrogen-bond donors (Lipinski definition) is 1. The summed E-state index contributed by atoms with van der Waals surface area (Å²) in [6.45, 7) is 0.748. The summed E-state index contributed by atoms with van der Waals surface area (Å²) in [6, 6.07) is 6.74. The number of nitrogens with zero attached hydrogens (tertiary/aromatic N) is 7. The summed E-state index contributed by atoms with van der Waals surface area (Å²) < 4.78 is 125. The fourth-order valence-corrected chi connectivity index (χ4v) is 5.59. The van der Waals surface area contributed by atoms with Crippen molar-refractivity contribution >= 4 is 17.6 Å². The van der Waals surface area contributed by atoms with Gasteiger partial charge in [0.15, 0.2) is 0 Å². The van der Waals surface area contributed by atoms with E-state index in [0.717, 1.165) is 17.8 Å². The van der Waals surface area contributed by atoms with Crippen molar-refractivity contribution in [2.45, 2.75) is 57.4 Å². The van der Waals surface area contributed by atoms with Gasteiger partial charge < -0.3 is 14.9 Å². The van der Waals surface area contributed by atoms with Crippen molar-refractivity contribution in [3.63, 3.8) is 0 Å². The maximum atomic E-state index is 14.1. The highest BCUT2D eigenvalue weighted by Gasteiger charge is 2.40. The second-order valence-electron chi connectivity index (χ2n) is 11.2.